The van der Waals surface area contributed by atoms with Gasteiger partial charge in [-0.05, 0) is 36.0 Å². The third-order valence-corrected chi connectivity index (χ3v) is 3.75. The summed E-state index contributed by atoms with van der Waals surface area (Å²) in [5.74, 6) is 0.0763. The molecule has 3 nitrogen and oxygen atoms in total. The van der Waals surface area contributed by atoms with E-state index in [1.165, 1.54) is 5.56 Å². The van der Waals surface area contributed by atoms with Crippen LogP contribution >= 0.6 is 0 Å². The third kappa shape index (κ3) is 3.35. The average molecular weight is 261 g/mol. The molecule has 0 saturated carbocycles. The number of aliphatic hydroxyl groups excluding tert-OH is 1. The van der Waals surface area contributed by atoms with Crippen molar-refractivity contribution in [1.82, 2.24) is 4.90 Å². The number of hydrogen-bond donors (Lipinski definition) is 1. The molecule has 0 spiro atoms. The van der Waals surface area contributed by atoms with Crippen molar-refractivity contribution in [2.24, 2.45) is 0 Å². The summed E-state index contributed by atoms with van der Waals surface area (Å²) >= 11 is 0. The van der Waals surface area contributed by atoms with Crippen molar-refractivity contribution in [2.75, 3.05) is 13.1 Å². The van der Waals surface area contributed by atoms with Gasteiger partial charge in [0.2, 0.25) is 0 Å². The maximum atomic E-state index is 12.3. The molecule has 1 N–H and O–H groups in total. The predicted octanol–water partition coefficient (Wildman–Crippen LogP) is 2.58. The molecule has 1 fully saturated rings. The maximum Gasteiger partial charge on any atom is 0.253 e. The molecule has 3 heteroatoms. The van der Waals surface area contributed by atoms with Gasteiger partial charge in [0.25, 0.3) is 5.91 Å². The highest BCUT2D eigenvalue weighted by Gasteiger charge is 2.22. The lowest BCUT2D eigenvalue weighted by molar-refractivity contribution is 0.0546. The first-order valence-corrected chi connectivity index (χ1v) is 6.96. The van der Waals surface area contributed by atoms with Crippen LogP contribution in [0.3, 0.4) is 0 Å². The second-order valence-electron chi connectivity index (χ2n) is 6.35. The van der Waals surface area contributed by atoms with Crippen molar-refractivity contribution >= 4 is 5.91 Å². The summed E-state index contributed by atoms with van der Waals surface area (Å²) in [7, 11) is 0. The molecule has 1 amide bonds. The molecule has 0 atom stereocenters. The van der Waals surface area contributed by atoms with Crippen molar-refractivity contribution in [1.29, 1.82) is 0 Å². The Kier molecular flexibility index (Phi) is 3.95. The van der Waals surface area contributed by atoms with Crippen LogP contribution in [0.25, 0.3) is 0 Å². The number of likely N-dealkylation sites (tertiary alicyclic amines) is 1. The summed E-state index contributed by atoms with van der Waals surface area (Å²) < 4.78 is 0. The summed E-state index contributed by atoms with van der Waals surface area (Å²) in [5, 5.41) is 9.47. The lowest BCUT2D eigenvalue weighted by Gasteiger charge is -2.29. The molecule has 0 radical (unpaired) electrons. The SMILES string of the molecule is CC(C)(C)c1ccc(C(=O)N2CCC(O)CC2)cc1. The minimum atomic E-state index is -0.243. The molecule has 0 unspecified atom stereocenters. The van der Waals surface area contributed by atoms with E-state index in [-0.39, 0.29) is 17.4 Å². The summed E-state index contributed by atoms with van der Waals surface area (Å²) in [6.45, 7) is 7.80. The van der Waals surface area contributed by atoms with Gasteiger partial charge in [0, 0.05) is 18.7 Å². The Hall–Kier alpha value is -1.35. The van der Waals surface area contributed by atoms with Crippen LogP contribution in [0.2, 0.25) is 0 Å². The molecule has 1 saturated heterocycles. The second kappa shape index (κ2) is 5.33. The number of carbonyl (C=O) groups is 1. The van der Waals surface area contributed by atoms with Crippen LogP contribution in [0.15, 0.2) is 24.3 Å². The highest BCUT2D eigenvalue weighted by molar-refractivity contribution is 5.94. The number of amides is 1. The Morgan fingerprint density at radius 2 is 1.68 bits per heavy atom. The van der Waals surface area contributed by atoms with Gasteiger partial charge in [-0.15, -0.1) is 0 Å². The van der Waals surface area contributed by atoms with E-state index in [4.69, 9.17) is 0 Å². The van der Waals surface area contributed by atoms with Crippen molar-refractivity contribution in [3.8, 4) is 0 Å². The number of aliphatic hydroxyl groups is 1. The molecule has 19 heavy (non-hydrogen) atoms. The quantitative estimate of drug-likeness (QED) is 0.844. The molecule has 1 aliphatic heterocycles. The largest absolute Gasteiger partial charge is 0.393 e. The number of hydrogen-bond acceptors (Lipinski definition) is 2. The molecule has 1 aliphatic rings. The highest BCUT2D eigenvalue weighted by Crippen LogP contribution is 2.23. The standard InChI is InChI=1S/C16H23NO2/c1-16(2,3)13-6-4-12(5-7-13)15(19)17-10-8-14(18)9-11-17/h4-7,14,18H,8-11H2,1-3H3. The van der Waals surface area contributed by atoms with Gasteiger partial charge in [0.15, 0.2) is 0 Å². The van der Waals surface area contributed by atoms with Crippen molar-refractivity contribution in [3.63, 3.8) is 0 Å². The topological polar surface area (TPSA) is 40.5 Å². The van der Waals surface area contributed by atoms with E-state index in [2.05, 4.69) is 20.8 Å². The summed E-state index contributed by atoms with van der Waals surface area (Å²) in [6.07, 6.45) is 1.13. The lowest BCUT2D eigenvalue weighted by Crippen LogP contribution is -2.40. The molecule has 1 aromatic rings. The van der Waals surface area contributed by atoms with E-state index in [1.807, 2.05) is 29.2 Å². The molecule has 1 heterocycles. The van der Waals surface area contributed by atoms with E-state index in [9.17, 15) is 9.90 Å². The summed E-state index contributed by atoms with van der Waals surface area (Å²) in [6, 6.07) is 7.89. The molecular formula is C16H23NO2. The Balaban J connectivity index is 2.08. The van der Waals surface area contributed by atoms with Crippen molar-refractivity contribution in [3.05, 3.63) is 35.4 Å². The Bertz CT molecular complexity index is 437. The molecule has 0 bridgehead atoms. The van der Waals surface area contributed by atoms with Crippen LogP contribution in [0, 0.1) is 0 Å². The zero-order chi connectivity index (χ0) is 14.0. The minimum Gasteiger partial charge on any atom is -0.393 e. The smallest absolute Gasteiger partial charge is 0.253 e. The van der Waals surface area contributed by atoms with Gasteiger partial charge >= 0.3 is 0 Å². The molecule has 2 rings (SSSR count). The minimum absolute atomic E-state index is 0.0763. The monoisotopic (exact) mass is 261 g/mol. The molecule has 0 aliphatic carbocycles. The van der Waals surface area contributed by atoms with Crippen molar-refractivity contribution < 1.29 is 9.90 Å². The van der Waals surface area contributed by atoms with Gasteiger partial charge in [-0.3, -0.25) is 4.79 Å². The van der Waals surface area contributed by atoms with Crippen LogP contribution in [0.5, 0.6) is 0 Å². The van der Waals surface area contributed by atoms with Gasteiger partial charge in [-0.1, -0.05) is 32.9 Å². The highest BCUT2D eigenvalue weighted by atomic mass is 16.3. The average Bonchev–Trinajstić information content (AvgIpc) is 2.38. The van der Waals surface area contributed by atoms with Gasteiger partial charge in [0.1, 0.15) is 0 Å². The fourth-order valence-corrected chi connectivity index (χ4v) is 2.36. The van der Waals surface area contributed by atoms with Gasteiger partial charge < -0.3 is 10.0 Å². The van der Waals surface area contributed by atoms with Crippen LogP contribution in [0.1, 0.15) is 49.5 Å². The van der Waals surface area contributed by atoms with Gasteiger partial charge in [0.05, 0.1) is 6.10 Å². The zero-order valence-electron chi connectivity index (χ0n) is 12.0. The van der Waals surface area contributed by atoms with E-state index in [1.54, 1.807) is 0 Å². The first kappa shape index (κ1) is 14.1. The van der Waals surface area contributed by atoms with Crippen molar-refractivity contribution in [2.45, 2.75) is 45.1 Å². The van der Waals surface area contributed by atoms with Gasteiger partial charge in [-0.25, -0.2) is 0 Å². The van der Waals surface area contributed by atoms with E-state index < -0.39 is 0 Å². The summed E-state index contributed by atoms with van der Waals surface area (Å²) in [4.78, 5) is 14.1. The summed E-state index contributed by atoms with van der Waals surface area (Å²) in [5.41, 5.74) is 2.08. The Labute approximate surface area is 115 Å². The van der Waals surface area contributed by atoms with E-state index >= 15 is 0 Å². The molecule has 0 aromatic heterocycles. The van der Waals surface area contributed by atoms with Crippen LogP contribution in [-0.2, 0) is 5.41 Å². The lowest BCUT2D eigenvalue weighted by atomic mass is 9.86. The molecule has 1 aromatic carbocycles. The predicted molar refractivity (Wildman–Crippen MR) is 76.3 cm³/mol. The number of piperidine rings is 1. The van der Waals surface area contributed by atoms with Crippen LogP contribution in [0.4, 0.5) is 0 Å². The number of benzene rings is 1. The Morgan fingerprint density at radius 1 is 1.16 bits per heavy atom. The molecular weight excluding hydrogens is 238 g/mol. The molecule has 104 valence electrons. The first-order valence-electron chi connectivity index (χ1n) is 6.96. The van der Waals surface area contributed by atoms with Crippen LogP contribution in [-0.4, -0.2) is 35.1 Å². The Morgan fingerprint density at radius 3 is 2.16 bits per heavy atom. The number of rotatable bonds is 1. The fourth-order valence-electron chi connectivity index (χ4n) is 2.36. The number of carbonyl (C=O) groups excluding carboxylic acids is 1. The first-order chi connectivity index (χ1) is 8.88. The fraction of sp³-hybridized carbons (Fsp3) is 0.562. The zero-order valence-corrected chi connectivity index (χ0v) is 12.0. The number of nitrogens with zero attached hydrogens (tertiary/aromatic N) is 1. The second-order valence-corrected chi connectivity index (χ2v) is 6.35. The van der Waals surface area contributed by atoms with E-state index in [0.717, 1.165) is 5.56 Å². The van der Waals surface area contributed by atoms with Crippen LogP contribution < -0.4 is 0 Å². The maximum absolute atomic E-state index is 12.3. The van der Waals surface area contributed by atoms with E-state index in [0.29, 0.717) is 25.9 Å². The normalized spacial score (nSPS) is 17.6. The van der Waals surface area contributed by atoms with Gasteiger partial charge in [-0.2, -0.15) is 0 Å². The third-order valence-electron chi connectivity index (χ3n) is 3.75.